The highest BCUT2D eigenvalue weighted by Gasteiger charge is 2.42. The molecule has 1 aromatic rings. The second-order valence-corrected chi connectivity index (χ2v) is 21.1. The SMILES string of the molecule is CC=CC(=CCCC)CS(=O)(=O)CC(Cc1ccccc1)NC(=O)C(C)C(OC)C1CCCN1C(=O)CC(OC)C(CCC(C)C(=O)C(NC(=O)C(NC)C(C)C)C(C)C)C(C)CC. The lowest BCUT2D eigenvalue weighted by atomic mass is 9.79. The summed E-state index contributed by atoms with van der Waals surface area (Å²) in [5.41, 5.74) is 1.66. The number of Topliss-reactive ketones (excluding diaryl/α,β-unsaturated/α-hetero) is 1. The van der Waals surface area contributed by atoms with E-state index in [4.69, 9.17) is 9.47 Å². The number of allylic oxidation sites excluding steroid dienone is 3. The monoisotopic (exact) mass is 915 g/mol. The molecule has 10 unspecified atom stereocenters. The summed E-state index contributed by atoms with van der Waals surface area (Å²) >= 11 is 0. The van der Waals surface area contributed by atoms with E-state index >= 15 is 0 Å². The van der Waals surface area contributed by atoms with Gasteiger partial charge in [-0.1, -0.05) is 124 Å². The van der Waals surface area contributed by atoms with Gasteiger partial charge in [0.15, 0.2) is 15.6 Å². The third kappa shape index (κ3) is 17.8. The fourth-order valence-corrected chi connectivity index (χ4v) is 11.0. The number of likely N-dealkylation sites (tertiary alicyclic amines) is 1. The van der Waals surface area contributed by atoms with Crippen LogP contribution in [0.15, 0.2) is 54.1 Å². The summed E-state index contributed by atoms with van der Waals surface area (Å²) < 4.78 is 39.5. The van der Waals surface area contributed by atoms with Crippen LogP contribution in [-0.4, -0.2) is 113 Å². The second kappa shape index (κ2) is 28.6. The Bertz CT molecular complexity index is 1750. The molecule has 1 aromatic carbocycles. The molecule has 0 saturated carbocycles. The zero-order valence-electron chi connectivity index (χ0n) is 41.7. The normalized spacial score (nSPS) is 19.2. The summed E-state index contributed by atoms with van der Waals surface area (Å²) in [4.78, 5) is 57.3. The molecule has 64 heavy (non-hydrogen) atoms. The number of amides is 3. The molecule has 0 aliphatic carbocycles. The Hall–Kier alpha value is -3.39. The van der Waals surface area contributed by atoms with Gasteiger partial charge in [0.1, 0.15) is 0 Å². The third-order valence-corrected chi connectivity index (χ3v) is 14.9. The molecular formula is C51H86N4O8S. The standard InChI is InChI=1S/C51H86N4O8S/c1-14-17-23-40(22-15-2)32-64(60,61)33-41(30-39-24-19-18-20-25-39)53-50(58)38(10)49(63-13)43-26-21-29-55(43)45(56)31-44(62-12)42(36(8)16-3)28-27-37(9)48(57)46(34(4)5)54-51(59)47(52-11)35(6)7/h15,18-20,22-25,34-38,41-44,46-47,49,52H,14,16-17,21,26-33H2,1-13H3,(H,53,58)(H,54,59). The molecule has 10 atom stereocenters. The van der Waals surface area contributed by atoms with E-state index in [0.29, 0.717) is 32.2 Å². The number of unbranched alkanes of at least 4 members (excludes halogenated alkanes) is 1. The van der Waals surface area contributed by atoms with E-state index in [1.807, 2.05) is 95.0 Å². The molecule has 364 valence electrons. The first kappa shape index (κ1) is 56.7. The van der Waals surface area contributed by atoms with Crippen molar-refractivity contribution >= 4 is 33.3 Å². The summed E-state index contributed by atoms with van der Waals surface area (Å²) in [6.07, 6.45) is 10.3. The van der Waals surface area contributed by atoms with Crippen LogP contribution in [0.1, 0.15) is 126 Å². The van der Waals surface area contributed by atoms with E-state index in [-0.39, 0.29) is 77.1 Å². The molecule has 13 heteroatoms. The molecule has 0 spiro atoms. The summed E-state index contributed by atoms with van der Waals surface area (Å²) in [6.45, 7) is 20.3. The zero-order valence-corrected chi connectivity index (χ0v) is 42.5. The van der Waals surface area contributed by atoms with Crippen molar-refractivity contribution in [2.24, 2.45) is 35.5 Å². The predicted molar refractivity (Wildman–Crippen MR) is 259 cm³/mol. The van der Waals surface area contributed by atoms with E-state index < -0.39 is 46.1 Å². The summed E-state index contributed by atoms with van der Waals surface area (Å²) in [6, 6.07) is 7.51. The van der Waals surface area contributed by atoms with E-state index in [2.05, 4.69) is 36.7 Å². The minimum atomic E-state index is -3.61. The van der Waals surface area contributed by atoms with Gasteiger partial charge in [0.05, 0.1) is 54.2 Å². The van der Waals surface area contributed by atoms with Gasteiger partial charge < -0.3 is 30.3 Å². The van der Waals surface area contributed by atoms with E-state index in [1.165, 1.54) is 0 Å². The maximum absolute atomic E-state index is 14.3. The van der Waals surface area contributed by atoms with Crippen LogP contribution in [0.2, 0.25) is 0 Å². The van der Waals surface area contributed by atoms with Crippen molar-refractivity contribution in [1.82, 2.24) is 20.9 Å². The Balaban J connectivity index is 2.26. The number of hydrogen-bond donors (Lipinski definition) is 3. The molecular weight excluding hydrogens is 829 g/mol. The molecule has 3 amide bonds. The lowest BCUT2D eigenvalue weighted by molar-refractivity contribution is -0.143. The van der Waals surface area contributed by atoms with Crippen LogP contribution in [0.3, 0.4) is 0 Å². The minimum absolute atomic E-state index is 0.00434. The number of carbonyl (C=O) groups is 4. The van der Waals surface area contributed by atoms with Crippen molar-refractivity contribution in [2.45, 2.75) is 163 Å². The van der Waals surface area contributed by atoms with Crippen molar-refractivity contribution in [3.05, 3.63) is 59.7 Å². The number of rotatable bonds is 30. The van der Waals surface area contributed by atoms with Crippen molar-refractivity contribution in [1.29, 1.82) is 0 Å². The number of benzene rings is 1. The van der Waals surface area contributed by atoms with Gasteiger partial charge in [0.2, 0.25) is 17.7 Å². The van der Waals surface area contributed by atoms with Crippen molar-refractivity contribution in [2.75, 3.05) is 39.3 Å². The molecule has 1 fully saturated rings. The van der Waals surface area contributed by atoms with Gasteiger partial charge >= 0.3 is 0 Å². The highest BCUT2D eigenvalue weighted by atomic mass is 32.2. The summed E-state index contributed by atoms with van der Waals surface area (Å²) in [7, 11) is 1.34. The van der Waals surface area contributed by atoms with Gasteiger partial charge in [0.25, 0.3) is 0 Å². The number of sulfone groups is 1. The first-order chi connectivity index (χ1) is 30.3. The molecule has 0 aromatic heterocycles. The van der Waals surface area contributed by atoms with Gasteiger partial charge in [-0.25, -0.2) is 8.42 Å². The quantitative estimate of drug-likeness (QED) is 0.0664. The molecule has 3 N–H and O–H groups in total. The zero-order chi connectivity index (χ0) is 48.1. The molecule has 0 radical (unpaired) electrons. The highest BCUT2D eigenvalue weighted by molar-refractivity contribution is 7.91. The first-order valence-electron chi connectivity index (χ1n) is 24.0. The smallest absolute Gasteiger partial charge is 0.237 e. The van der Waals surface area contributed by atoms with Gasteiger partial charge in [-0.05, 0) is 87.3 Å². The van der Waals surface area contributed by atoms with Crippen molar-refractivity contribution in [3.8, 4) is 0 Å². The number of nitrogens with zero attached hydrogens (tertiary/aromatic N) is 1. The summed E-state index contributed by atoms with van der Waals surface area (Å²) in [5, 5.41) is 9.18. The number of likely N-dealkylation sites (N-methyl/N-ethyl adjacent to an activating group) is 1. The van der Waals surface area contributed by atoms with Gasteiger partial charge in [-0.2, -0.15) is 0 Å². The minimum Gasteiger partial charge on any atom is -0.381 e. The Kier molecular flexibility index (Phi) is 25.4. The number of ketones is 1. The Morgan fingerprint density at radius 1 is 0.891 bits per heavy atom. The van der Waals surface area contributed by atoms with Crippen LogP contribution in [0, 0.1) is 35.5 Å². The van der Waals surface area contributed by atoms with Crippen LogP contribution >= 0.6 is 0 Å². The van der Waals surface area contributed by atoms with Crippen LogP contribution in [-0.2, 0) is 44.9 Å². The molecule has 1 aliphatic rings. The van der Waals surface area contributed by atoms with Crippen LogP contribution < -0.4 is 16.0 Å². The number of hydrogen-bond acceptors (Lipinski definition) is 9. The Morgan fingerprint density at radius 2 is 1.55 bits per heavy atom. The lowest BCUT2D eigenvalue weighted by Gasteiger charge is -2.36. The van der Waals surface area contributed by atoms with Gasteiger partial charge in [-0.15, -0.1) is 0 Å². The molecule has 2 rings (SSSR count). The number of methoxy groups -OCH3 is 2. The van der Waals surface area contributed by atoms with Crippen LogP contribution in [0.4, 0.5) is 0 Å². The highest BCUT2D eigenvalue weighted by Crippen LogP contribution is 2.33. The topological polar surface area (TPSA) is 160 Å². The maximum atomic E-state index is 14.3. The van der Waals surface area contributed by atoms with E-state index in [1.54, 1.807) is 28.2 Å². The predicted octanol–water partition coefficient (Wildman–Crippen LogP) is 7.51. The Labute approximate surface area is 387 Å². The molecule has 1 aliphatic heterocycles. The van der Waals surface area contributed by atoms with Crippen LogP contribution in [0.25, 0.3) is 0 Å². The number of nitrogens with one attached hydrogen (secondary N) is 3. The van der Waals surface area contributed by atoms with Gasteiger partial charge in [0, 0.05) is 32.7 Å². The molecule has 12 nitrogen and oxygen atoms in total. The first-order valence-corrected chi connectivity index (χ1v) is 25.8. The fraction of sp³-hybridized carbons (Fsp3) is 0.725. The van der Waals surface area contributed by atoms with Crippen molar-refractivity contribution < 1.29 is 37.1 Å². The Morgan fingerprint density at radius 3 is 2.09 bits per heavy atom. The average molecular weight is 915 g/mol. The third-order valence-electron chi connectivity index (χ3n) is 13.2. The van der Waals surface area contributed by atoms with E-state index in [9.17, 15) is 27.6 Å². The van der Waals surface area contributed by atoms with Crippen LogP contribution in [0.5, 0.6) is 0 Å². The van der Waals surface area contributed by atoms with Crippen molar-refractivity contribution in [3.63, 3.8) is 0 Å². The lowest BCUT2D eigenvalue weighted by Crippen LogP contribution is -2.54. The van der Waals surface area contributed by atoms with Gasteiger partial charge in [-0.3, -0.25) is 19.2 Å². The van der Waals surface area contributed by atoms with E-state index in [0.717, 1.165) is 36.8 Å². The molecule has 1 heterocycles. The number of carbonyl (C=O) groups excluding carboxylic acids is 4. The maximum Gasteiger partial charge on any atom is 0.237 e. The average Bonchev–Trinajstić information content (AvgIpc) is 3.73. The molecule has 0 bridgehead atoms. The number of ether oxygens (including phenoxy) is 2. The largest absolute Gasteiger partial charge is 0.381 e. The summed E-state index contributed by atoms with van der Waals surface area (Å²) in [5.74, 6) is -1.72. The fourth-order valence-electron chi connectivity index (χ4n) is 9.31. The second-order valence-electron chi connectivity index (χ2n) is 19.0. The molecule has 1 saturated heterocycles.